The van der Waals surface area contributed by atoms with Gasteiger partial charge in [0.1, 0.15) is 0 Å². The third kappa shape index (κ3) is 2.45. The highest BCUT2D eigenvalue weighted by molar-refractivity contribution is 5.61. The first kappa shape index (κ1) is 10.4. The SMILES string of the molecule is CCCc1nc(C2=CCCN(C)C2)no1. The molecule has 0 spiro atoms. The van der Waals surface area contributed by atoms with E-state index < -0.39 is 0 Å². The van der Waals surface area contributed by atoms with E-state index in [0.29, 0.717) is 0 Å². The Labute approximate surface area is 90.0 Å². The molecule has 2 heterocycles. The summed E-state index contributed by atoms with van der Waals surface area (Å²) in [5.74, 6) is 1.52. The molecular formula is C11H17N3O. The molecule has 0 saturated heterocycles. The van der Waals surface area contributed by atoms with E-state index in [9.17, 15) is 0 Å². The van der Waals surface area contributed by atoms with Gasteiger partial charge in [-0.1, -0.05) is 18.2 Å². The van der Waals surface area contributed by atoms with Crippen molar-refractivity contribution in [3.8, 4) is 0 Å². The zero-order valence-corrected chi connectivity index (χ0v) is 9.36. The molecule has 0 N–H and O–H groups in total. The first-order chi connectivity index (χ1) is 7.29. The number of likely N-dealkylation sites (N-methyl/N-ethyl adjacent to an activating group) is 1. The molecule has 15 heavy (non-hydrogen) atoms. The third-order valence-corrected chi connectivity index (χ3v) is 2.56. The fraction of sp³-hybridized carbons (Fsp3) is 0.636. The van der Waals surface area contributed by atoms with Gasteiger partial charge in [-0.3, -0.25) is 0 Å². The van der Waals surface area contributed by atoms with E-state index in [1.165, 1.54) is 5.57 Å². The molecule has 0 saturated carbocycles. The molecule has 0 unspecified atom stereocenters. The van der Waals surface area contributed by atoms with Crippen LogP contribution in [-0.2, 0) is 6.42 Å². The maximum Gasteiger partial charge on any atom is 0.226 e. The lowest BCUT2D eigenvalue weighted by atomic mass is 10.1. The average Bonchev–Trinajstić information content (AvgIpc) is 2.67. The number of hydrogen-bond acceptors (Lipinski definition) is 4. The van der Waals surface area contributed by atoms with Crippen molar-refractivity contribution in [1.82, 2.24) is 15.0 Å². The molecule has 0 amide bonds. The lowest BCUT2D eigenvalue weighted by molar-refractivity contribution is 0.364. The second kappa shape index (κ2) is 4.57. The molecule has 0 aromatic carbocycles. The molecule has 0 fully saturated rings. The number of aromatic nitrogens is 2. The van der Waals surface area contributed by atoms with Gasteiger partial charge in [-0.15, -0.1) is 0 Å². The molecule has 0 atom stereocenters. The minimum atomic E-state index is 0.752. The van der Waals surface area contributed by atoms with Crippen molar-refractivity contribution in [3.63, 3.8) is 0 Å². The predicted molar refractivity (Wildman–Crippen MR) is 58.4 cm³/mol. The monoisotopic (exact) mass is 207 g/mol. The minimum Gasteiger partial charge on any atom is -0.339 e. The average molecular weight is 207 g/mol. The smallest absolute Gasteiger partial charge is 0.226 e. The Kier molecular flexibility index (Phi) is 3.16. The van der Waals surface area contributed by atoms with Crippen molar-refractivity contribution in [2.45, 2.75) is 26.2 Å². The van der Waals surface area contributed by atoms with Crippen LogP contribution in [0.4, 0.5) is 0 Å². The fourth-order valence-electron chi connectivity index (χ4n) is 1.76. The van der Waals surface area contributed by atoms with E-state index in [0.717, 1.165) is 44.1 Å². The fourth-order valence-corrected chi connectivity index (χ4v) is 1.76. The highest BCUT2D eigenvalue weighted by atomic mass is 16.5. The van der Waals surface area contributed by atoms with Crippen LogP contribution in [0.25, 0.3) is 5.57 Å². The van der Waals surface area contributed by atoms with Crippen molar-refractivity contribution >= 4 is 5.57 Å². The normalized spacial score (nSPS) is 17.9. The quantitative estimate of drug-likeness (QED) is 0.757. The van der Waals surface area contributed by atoms with E-state index in [1.807, 2.05) is 0 Å². The van der Waals surface area contributed by atoms with Gasteiger partial charge in [-0.2, -0.15) is 4.98 Å². The van der Waals surface area contributed by atoms with Crippen molar-refractivity contribution in [2.75, 3.05) is 20.1 Å². The summed E-state index contributed by atoms with van der Waals surface area (Å²) in [6, 6.07) is 0. The second-order valence-corrected chi connectivity index (χ2v) is 4.02. The highest BCUT2D eigenvalue weighted by Crippen LogP contribution is 2.17. The van der Waals surface area contributed by atoms with Crippen molar-refractivity contribution in [2.24, 2.45) is 0 Å². The summed E-state index contributed by atoms with van der Waals surface area (Å²) in [7, 11) is 2.11. The zero-order chi connectivity index (χ0) is 10.7. The van der Waals surface area contributed by atoms with Crippen LogP contribution < -0.4 is 0 Å². The number of nitrogens with zero attached hydrogens (tertiary/aromatic N) is 3. The molecule has 0 bridgehead atoms. The van der Waals surface area contributed by atoms with Crippen molar-refractivity contribution in [3.05, 3.63) is 17.8 Å². The topological polar surface area (TPSA) is 42.2 Å². The molecule has 82 valence electrons. The van der Waals surface area contributed by atoms with Gasteiger partial charge in [-0.05, 0) is 19.9 Å². The summed E-state index contributed by atoms with van der Waals surface area (Å²) in [6.45, 7) is 4.14. The Morgan fingerprint density at radius 3 is 3.13 bits per heavy atom. The largest absolute Gasteiger partial charge is 0.339 e. The highest BCUT2D eigenvalue weighted by Gasteiger charge is 2.15. The Morgan fingerprint density at radius 2 is 2.40 bits per heavy atom. The Morgan fingerprint density at radius 1 is 1.53 bits per heavy atom. The van der Waals surface area contributed by atoms with Gasteiger partial charge in [0.15, 0.2) is 5.82 Å². The molecule has 1 aromatic rings. The molecule has 4 nitrogen and oxygen atoms in total. The molecule has 2 rings (SSSR count). The van der Waals surface area contributed by atoms with Crippen LogP contribution in [0.3, 0.4) is 0 Å². The lowest BCUT2D eigenvalue weighted by Gasteiger charge is -2.20. The lowest BCUT2D eigenvalue weighted by Crippen LogP contribution is -2.25. The second-order valence-electron chi connectivity index (χ2n) is 4.02. The first-order valence-electron chi connectivity index (χ1n) is 5.50. The number of aryl methyl sites for hydroxylation is 1. The van der Waals surface area contributed by atoms with Crippen LogP contribution in [0, 0.1) is 0 Å². The van der Waals surface area contributed by atoms with Crippen LogP contribution in [0.1, 0.15) is 31.5 Å². The maximum absolute atomic E-state index is 5.17. The molecule has 0 aliphatic carbocycles. The van der Waals surface area contributed by atoms with Crippen molar-refractivity contribution < 1.29 is 4.52 Å². The van der Waals surface area contributed by atoms with Crippen LogP contribution in [0.2, 0.25) is 0 Å². The van der Waals surface area contributed by atoms with Gasteiger partial charge < -0.3 is 9.42 Å². The Balaban J connectivity index is 2.11. The van der Waals surface area contributed by atoms with Crippen LogP contribution in [-0.4, -0.2) is 35.2 Å². The standard InChI is InChI=1S/C11H17N3O/c1-3-5-10-12-11(13-15-10)9-6-4-7-14(2)8-9/h6H,3-5,7-8H2,1-2H3. The summed E-state index contributed by atoms with van der Waals surface area (Å²) >= 11 is 0. The summed E-state index contributed by atoms with van der Waals surface area (Å²) in [5.41, 5.74) is 1.19. The van der Waals surface area contributed by atoms with Crippen molar-refractivity contribution in [1.29, 1.82) is 0 Å². The molecule has 4 heteroatoms. The summed E-state index contributed by atoms with van der Waals surface area (Å²) in [6.07, 6.45) is 5.20. The Hall–Kier alpha value is -1.16. The van der Waals surface area contributed by atoms with Gasteiger partial charge in [0, 0.05) is 25.1 Å². The van der Waals surface area contributed by atoms with Crippen LogP contribution in [0.15, 0.2) is 10.6 Å². The summed E-state index contributed by atoms with van der Waals surface area (Å²) < 4.78 is 5.17. The van der Waals surface area contributed by atoms with Crippen LogP contribution in [0.5, 0.6) is 0 Å². The van der Waals surface area contributed by atoms with Crippen LogP contribution >= 0.6 is 0 Å². The predicted octanol–water partition coefficient (Wildman–Crippen LogP) is 1.74. The van der Waals surface area contributed by atoms with E-state index in [1.54, 1.807) is 0 Å². The maximum atomic E-state index is 5.17. The van der Waals surface area contributed by atoms with Gasteiger partial charge in [0.25, 0.3) is 0 Å². The van der Waals surface area contributed by atoms with E-state index in [-0.39, 0.29) is 0 Å². The molecular weight excluding hydrogens is 190 g/mol. The van der Waals surface area contributed by atoms with E-state index in [4.69, 9.17) is 4.52 Å². The minimum absolute atomic E-state index is 0.752. The van der Waals surface area contributed by atoms with E-state index >= 15 is 0 Å². The molecule has 1 aliphatic heterocycles. The first-order valence-corrected chi connectivity index (χ1v) is 5.50. The number of rotatable bonds is 3. The molecule has 0 radical (unpaired) electrons. The van der Waals surface area contributed by atoms with Gasteiger partial charge in [-0.25, -0.2) is 0 Å². The number of hydrogen-bond donors (Lipinski definition) is 0. The third-order valence-electron chi connectivity index (χ3n) is 2.56. The summed E-state index contributed by atoms with van der Waals surface area (Å²) in [4.78, 5) is 6.65. The van der Waals surface area contributed by atoms with Gasteiger partial charge >= 0.3 is 0 Å². The van der Waals surface area contributed by atoms with E-state index in [2.05, 4.69) is 35.1 Å². The zero-order valence-electron chi connectivity index (χ0n) is 9.36. The molecule has 1 aliphatic rings. The molecule has 1 aromatic heterocycles. The summed E-state index contributed by atoms with van der Waals surface area (Å²) in [5, 5.41) is 4.01. The Bertz CT molecular complexity index is 356. The van der Waals surface area contributed by atoms with Gasteiger partial charge in [0.05, 0.1) is 0 Å². The van der Waals surface area contributed by atoms with Gasteiger partial charge in [0.2, 0.25) is 5.89 Å².